The molecule has 0 atom stereocenters. The van der Waals surface area contributed by atoms with Gasteiger partial charge in [0.15, 0.2) is 0 Å². The van der Waals surface area contributed by atoms with Crippen LogP contribution in [0.5, 0.6) is 0 Å². The van der Waals surface area contributed by atoms with Gasteiger partial charge in [0.2, 0.25) is 0 Å². The molecule has 9 heteroatoms. The van der Waals surface area contributed by atoms with Crippen molar-refractivity contribution in [2.75, 3.05) is 0 Å². The van der Waals surface area contributed by atoms with E-state index in [1.54, 1.807) is 70.2 Å². The lowest BCUT2D eigenvalue weighted by Crippen LogP contribution is -2.13. The van der Waals surface area contributed by atoms with Crippen molar-refractivity contribution in [3.8, 4) is 28.6 Å². The number of nitrogens with zero attached hydrogens (tertiary/aromatic N) is 3. The predicted octanol–water partition coefficient (Wildman–Crippen LogP) is 7.95. The van der Waals surface area contributed by atoms with Crippen molar-refractivity contribution in [2.45, 2.75) is 46.8 Å². The summed E-state index contributed by atoms with van der Waals surface area (Å²) in [6.45, 7) is 8.52. The van der Waals surface area contributed by atoms with E-state index in [0.29, 0.717) is 16.3 Å². The van der Waals surface area contributed by atoms with Crippen molar-refractivity contribution in [3.05, 3.63) is 107 Å². The Morgan fingerprint density at radius 1 is 0.732 bits per heavy atom. The van der Waals surface area contributed by atoms with E-state index in [9.17, 15) is 14.0 Å². The first-order chi connectivity index (χ1) is 19.6. The Labute approximate surface area is 244 Å². The van der Waals surface area contributed by atoms with Crippen LogP contribution >= 0.6 is 11.6 Å². The number of carbonyl (C=O) groups is 2. The largest absolute Gasteiger partial charge is 0.458 e. The summed E-state index contributed by atoms with van der Waals surface area (Å²) in [6.07, 6.45) is -0.412. The number of hydrogen-bond acceptors (Lipinski definition) is 7. The van der Waals surface area contributed by atoms with E-state index >= 15 is 0 Å². The zero-order valence-electron chi connectivity index (χ0n) is 23.5. The number of benzene rings is 2. The average Bonchev–Trinajstić information content (AvgIpc) is 2.94. The van der Waals surface area contributed by atoms with Crippen molar-refractivity contribution in [1.29, 1.82) is 5.26 Å². The molecule has 0 aliphatic carbocycles. The maximum absolute atomic E-state index is 13.8. The summed E-state index contributed by atoms with van der Waals surface area (Å²) < 4.78 is 23.9. The van der Waals surface area contributed by atoms with E-state index in [-0.39, 0.29) is 29.3 Å². The number of carbonyl (C=O) groups excluding carboxylic acids is 2. The third-order valence-electron chi connectivity index (χ3n) is 4.89. The van der Waals surface area contributed by atoms with Crippen LogP contribution in [-0.4, -0.2) is 34.1 Å². The smallest absolute Gasteiger partial charge is 0.357 e. The Morgan fingerprint density at radius 2 is 1.12 bits per heavy atom. The zero-order chi connectivity index (χ0) is 30.4. The van der Waals surface area contributed by atoms with Gasteiger partial charge in [0.1, 0.15) is 22.9 Å². The number of nitriles is 1. The third-order valence-corrected chi connectivity index (χ3v) is 5.20. The molecule has 4 rings (SSSR count). The number of pyridine rings is 2. The highest BCUT2D eigenvalue weighted by atomic mass is 35.5. The molecule has 2 aromatic heterocycles. The summed E-state index contributed by atoms with van der Waals surface area (Å²) in [5, 5.41) is 7.83. The summed E-state index contributed by atoms with van der Waals surface area (Å²) in [5.41, 5.74) is 2.59. The van der Waals surface area contributed by atoms with Crippen LogP contribution in [0.4, 0.5) is 4.39 Å². The molecule has 4 aromatic rings. The van der Waals surface area contributed by atoms with E-state index in [1.165, 1.54) is 19.1 Å². The number of aromatic nitrogens is 2. The van der Waals surface area contributed by atoms with Gasteiger partial charge in [0.25, 0.3) is 0 Å². The van der Waals surface area contributed by atoms with Gasteiger partial charge in [0.05, 0.1) is 29.0 Å². The maximum atomic E-state index is 13.8. The second-order valence-electron chi connectivity index (χ2n) is 8.92. The van der Waals surface area contributed by atoms with Gasteiger partial charge in [-0.2, -0.15) is 5.26 Å². The van der Waals surface area contributed by atoms with Gasteiger partial charge in [-0.3, -0.25) is 0 Å². The minimum atomic E-state index is -0.549. The van der Waals surface area contributed by atoms with Gasteiger partial charge in [0, 0.05) is 18.1 Å². The Kier molecular flexibility index (Phi) is 13.1. The van der Waals surface area contributed by atoms with Crippen molar-refractivity contribution in [2.24, 2.45) is 0 Å². The van der Waals surface area contributed by atoms with E-state index < -0.39 is 17.8 Å². The molecule has 7 nitrogen and oxygen atoms in total. The molecular weight excluding hydrogens is 545 g/mol. The first kappa shape index (κ1) is 32.6. The number of halogens is 2. The number of hydrogen-bond donors (Lipinski definition) is 0. The lowest BCUT2D eigenvalue weighted by molar-refractivity contribution is 0.0360. The lowest BCUT2D eigenvalue weighted by atomic mass is 10.1. The van der Waals surface area contributed by atoms with Gasteiger partial charge in [-0.15, -0.1) is 0 Å². The molecule has 0 N–H and O–H groups in total. The van der Waals surface area contributed by atoms with Crippen LogP contribution in [-0.2, 0) is 9.47 Å². The highest BCUT2D eigenvalue weighted by molar-refractivity contribution is 6.33. The Hall–Kier alpha value is -4.61. The number of ether oxygens (including phenoxy) is 2. The molecule has 0 saturated heterocycles. The third kappa shape index (κ3) is 10.5. The lowest BCUT2D eigenvalue weighted by Gasteiger charge is -2.09. The van der Waals surface area contributed by atoms with Gasteiger partial charge in [-0.1, -0.05) is 72.3 Å². The van der Waals surface area contributed by atoms with Crippen LogP contribution in [0.25, 0.3) is 22.5 Å². The van der Waals surface area contributed by atoms with E-state index in [4.69, 9.17) is 26.3 Å². The highest BCUT2D eigenvalue weighted by Gasteiger charge is 2.16. The SMILES string of the molecule is CC#N.CC(C)OC(=O)c1ccc(Cl)c(-c2ccccc2)n1.CC(C)OC(=O)c1ccc(F)c(-c2ccccc2)n1. The van der Waals surface area contributed by atoms with Crippen LogP contribution in [0.15, 0.2) is 84.9 Å². The van der Waals surface area contributed by atoms with E-state index in [2.05, 4.69) is 9.97 Å². The summed E-state index contributed by atoms with van der Waals surface area (Å²) in [5.74, 6) is -1.46. The number of rotatable bonds is 6. The predicted molar refractivity (Wildman–Crippen MR) is 157 cm³/mol. The maximum Gasteiger partial charge on any atom is 0.357 e. The summed E-state index contributed by atoms with van der Waals surface area (Å²) in [6, 6.07) is 25.9. The Bertz CT molecular complexity index is 1370. The minimum Gasteiger partial charge on any atom is -0.458 e. The normalized spacial score (nSPS) is 9.95. The topological polar surface area (TPSA) is 102 Å². The first-order valence-corrected chi connectivity index (χ1v) is 13.1. The molecule has 2 aromatic carbocycles. The Morgan fingerprint density at radius 3 is 1.56 bits per heavy atom. The van der Waals surface area contributed by atoms with Crippen LogP contribution in [0.2, 0.25) is 5.02 Å². The van der Waals surface area contributed by atoms with Crippen molar-refractivity contribution in [1.82, 2.24) is 9.97 Å². The highest BCUT2D eigenvalue weighted by Crippen LogP contribution is 2.26. The summed E-state index contributed by atoms with van der Waals surface area (Å²) >= 11 is 6.13. The van der Waals surface area contributed by atoms with Crippen LogP contribution in [0.3, 0.4) is 0 Å². The average molecular weight is 576 g/mol. The van der Waals surface area contributed by atoms with Crippen molar-refractivity contribution >= 4 is 23.5 Å². The molecule has 212 valence electrons. The van der Waals surface area contributed by atoms with Crippen LogP contribution < -0.4 is 0 Å². The van der Waals surface area contributed by atoms with Crippen LogP contribution in [0, 0.1) is 17.1 Å². The standard InChI is InChI=1S/C15H14ClNO2.C15H14FNO2.C2H3N/c2*1-10(2)19-15(18)13-9-8-12(16)14(17-13)11-6-4-3-5-7-11;1-2-3/h2*3-10H,1-2H3;1H3. The molecule has 0 aliphatic rings. The van der Waals surface area contributed by atoms with Gasteiger partial charge >= 0.3 is 11.9 Å². The Balaban J connectivity index is 0.000000262. The molecule has 0 unspecified atom stereocenters. The molecule has 0 spiro atoms. The quantitative estimate of drug-likeness (QED) is 0.215. The fourth-order valence-corrected chi connectivity index (χ4v) is 3.47. The van der Waals surface area contributed by atoms with Crippen LogP contribution in [0.1, 0.15) is 55.6 Å². The molecule has 2 heterocycles. The van der Waals surface area contributed by atoms with Crippen molar-refractivity contribution in [3.63, 3.8) is 0 Å². The zero-order valence-corrected chi connectivity index (χ0v) is 24.2. The second kappa shape index (κ2) is 16.5. The molecule has 41 heavy (non-hydrogen) atoms. The second-order valence-corrected chi connectivity index (χ2v) is 9.32. The van der Waals surface area contributed by atoms with E-state index in [1.807, 2.05) is 36.4 Å². The molecule has 0 saturated carbocycles. The van der Waals surface area contributed by atoms with Gasteiger partial charge in [-0.05, 0) is 52.0 Å². The monoisotopic (exact) mass is 575 g/mol. The first-order valence-electron chi connectivity index (χ1n) is 12.7. The van der Waals surface area contributed by atoms with Gasteiger partial charge in [-0.25, -0.2) is 23.9 Å². The summed E-state index contributed by atoms with van der Waals surface area (Å²) in [4.78, 5) is 31.9. The summed E-state index contributed by atoms with van der Waals surface area (Å²) in [7, 11) is 0. The molecule has 0 fully saturated rings. The molecular formula is C32H31ClFN3O4. The molecule has 0 aliphatic heterocycles. The molecule has 0 radical (unpaired) electrons. The minimum absolute atomic E-state index is 0.106. The van der Waals surface area contributed by atoms with Gasteiger partial charge < -0.3 is 9.47 Å². The molecule has 0 amide bonds. The fraction of sp³-hybridized carbons (Fsp3) is 0.219. The molecule has 0 bridgehead atoms. The van der Waals surface area contributed by atoms with E-state index in [0.717, 1.165) is 5.56 Å². The fourth-order valence-electron chi connectivity index (χ4n) is 3.26. The van der Waals surface area contributed by atoms with Crippen molar-refractivity contribution < 1.29 is 23.5 Å². The number of esters is 2.